The van der Waals surface area contributed by atoms with Crippen molar-refractivity contribution in [1.29, 1.82) is 0 Å². The van der Waals surface area contributed by atoms with E-state index in [9.17, 15) is 14.7 Å². The van der Waals surface area contributed by atoms with Gasteiger partial charge in [-0.2, -0.15) is 0 Å². The smallest absolute Gasteiger partial charge is 0.181 e. The molecule has 40 heavy (non-hydrogen) atoms. The molecular formula is C33H48N2O5. The molecule has 7 aliphatic rings. The van der Waals surface area contributed by atoms with Crippen molar-refractivity contribution in [2.75, 3.05) is 39.8 Å². The van der Waals surface area contributed by atoms with E-state index in [4.69, 9.17) is 9.47 Å². The topological polar surface area (TPSA) is 79.3 Å². The quantitative estimate of drug-likeness (QED) is 0.569. The SMILES string of the molecule is CN1CCN(CC(=O)[C@@]23O[C@H](C4CCCCC4)O[C@@H]2C[C@H]2[C@@H]4CCC5=CC(=O)C=C[C@]5(C)[C@H]4[C@@H](O)C[C@@]23C)CC1. The Balaban J connectivity index is 1.23. The van der Waals surface area contributed by atoms with Gasteiger partial charge >= 0.3 is 0 Å². The lowest BCUT2D eigenvalue weighted by molar-refractivity contribution is -0.209. The second-order valence-corrected chi connectivity index (χ2v) is 14.7. The van der Waals surface area contributed by atoms with Gasteiger partial charge in [-0.15, -0.1) is 0 Å². The molecule has 0 amide bonds. The first-order valence-electron chi connectivity index (χ1n) is 16.1. The molecule has 0 radical (unpaired) electrons. The molecule has 7 nitrogen and oxygen atoms in total. The maximum absolute atomic E-state index is 14.7. The Hall–Kier alpha value is -1.38. The van der Waals surface area contributed by atoms with Crippen LogP contribution < -0.4 is 0 Å². The van der Waals surface area contributed by atoms with Gasteiger partial charge in [-0.1, -0.05) is 44.8 Å². The molecule has 220 valence electrons. The summed E-state index contributed by atoms with van der Waals surface area (Å²) in [4.78, 5) is 31.5. The van der Waals surface area contributed by atoms with Crippen molar-refractivity contribution in [3.63, 3.8) is 0 Å². The third-order valence-corrected chi connectivity index (χ3v) is 12.7. The molecule has 0 bridgehead atoms. The number of aliphatic hydroxyl groups excluding tert-OH is 1. The lowest BCUT2D eigenvalue weighted by atomic mass is 9.46. The van der Waals surface area contributed by atoms with E-state index in [1.54, 1.807) is 6.08 Å². The summed E-state index contributed by atoms with van der Waals surface area (Å²) < 4.78 is 13.9. The van der Waals surface area contributed by atoms with Crippen LogP contribution in [-0.4, -0.2) is 90.3 Å². The Labute approximate surface area is 239 Å². The Morgan fingerprint density at radius 1 is 1.10 bits per heavy atom. The van der Waals surface area contributed by atoms with Gasteiger partial charge in [-0.05, 0) is 69.6 Å². The molecule has 5 aliphatic carbocycles. The molecule has 2 aliphatic heterocycles. The molecule has 0 aromatic carbocycles. The first-order valence-corrected chi connectivity index (χ1v) is 16.1. The number of carbonyl (C=O) groups is 2. The third kappa shape index (κ3) is 3.94. The molecule has 2 heterocycles. The van der Waals surface area contributed by atoms with Crippen molar-refractivity contribution in [2.45, 2.75) is 95.7 Å². The van der Waals surface area contributed by atoms with Gasteiger partial charge in [0.25, 0.3) is 0 Å². The normalized spacial score (nSPS) is 47.8. The largest absolute Gasteiger partial charge is 0.393 e. The highest BCUT2D eigenvalue weighted by Gasteiger charge is 2.76. The maximum Gasteiger partial charge on any atom is 0.181 e. The predicted molar refractivity (Wildman–Crippen MR) is 151 cm³/mol. The molecule has 0 aromatic heterocycles. The van der Waals surface area contributed by atoms with Crippen LogP contribution in [0.4, 0.5) is 0 Å². The van der Waals surface area contributed by atoms with Gasteiger partial charge in [0.15, 0.2) is 23.5 Å². The monoisotopic (exact) mass is 552 g/mol. The van der Waals surface area contributed by atoms with Gasteiger partial charge in [0, 0.05) is 48.8 Å². The summed E-state index contributed by atoms with van der Waals surface area (Å²) in [6.45, 7) is 8.58. The van der Waals surface area contributed by atoms with Crippen LogP contribution in [0, 0.1) is 34.5 Å². The summed E-state index contributed by atoms with van der Waals surface area (Å²) >= 11 is 0. The molecule has 6 fully saturated rings. The Morgan fingerprint density at radius 3 is 2.60 bits per heavy atom. The van der Waals surface area contributed by atoms with Crippen molar-refractivity contribution in [2.24, 2.45) is 34.5 Å². The first-order chi connectivity index (χ1) is 19.2. The average Bonchev–Trinajstić information content (AvgIpc) is 3.44. The zero-order chi connectivity index (χ0) is 27.9. The van der Waals surface area contributed by atoms with Crippen LogP contribution in [0.5, 0.6) is 0 Å². The van der Waals surface area contributed by atoms with Crippen molar-refractivity contribution in [1.82, 2.24) is 9.80 Å². The molecule has 7 heteroatoms. The van der Waals surface area contributed by atoms with E-state index in [0.717, 1.165) is 63.9 Å². The number of aliphatic hydroxyl groups is 1. The van der Waals surface area contributed by atoms with Crippen LogP contribution >= 0.6 is 0 Å². The lowest BCUT2D eigenvalue weighted by Crippen LogP contribution is -2.64. The van der Waals surface area contributed by atoms with Crippen LogP contribution in [0.1, 0.15) is 71.6 Å². The summed E-state index contributed by atoms with van der Waals surface area (Å²) in [5.74, 6) is 1.10. The molecule has 9 atom stereocenters. The van der Waals surface area contributed by atoms with Gasteiger partial charge in [0.05, 0.1) is 18.8 Å². The van der Waals surface area contributed by atoms with Gasteiger partial charge in [-0.3, -0.25) is 14.5 Å². The second-order valence-electron chi connectivity index (χ2n) is 14.7. The van der Waals surface area contributed by atoms with Crippen molar-refractivity contribution >= 4 is 11.6 Å². The van der Waals surface area contributed by atoms with E-state index in [2.05, 4.69) is 36.8 Å². The Morgan fingerprint density at radius 2 is 1.85 bits per heavy atom. The van der Waals surface area contributed by atoms with E-state index in [1.165, 1.54) is 19.3 Å². The molecule has 1 N–H and O–H groups in total. The van der Waals surface area contributed by atoms with Crippen LogP contribution in [0.15, 0.2) is 23.8 Å². The zero-order valence-corrected chi connectivity index (χ0v) is 24.6. The molecule has 0 spiro atoms. The van der Waals surface area contributed by atoms with Crippen LogP contribution in [0.25, 0.3) is 0 Å². The highest BCUT2D eigenvalue weighted by atomic mass is 16.7. The highest BCUT2D eigenvalue weighted by molar-refractivity contribution is 6.01. The van der Waals surface area contributed by atoms with E-state index in [1.807, 2.05) is 6.08 Å². The molecule has 4 saturated carbocycles. The predicted octanol–water partition coefficient (Wildman–Crippen LogP) is 3.75. The van der Waals surface area contributed by atoms with Crippen LogP contribution in [0.2, 0.25) is 0 Å². The van der Waals surface area contributed by atoms with E-state index < -0.39 is 17.1 Å². The molecule has 2 saturated heterocycles. The number of Topliss-reactive ketones (excluding diaryl/α,β-unsaturated/α-hetero) is 1. The zero-order valence-electron chi connectivity index (χ0n) is 24.6. The molecule has 0 unspecified atom stereocenters. The van der Waals surface area contributed by atoms with E-state index in [-0.39, 0.29) is 47.1 Å². The van der Waals surface area contributed by atoms with Gasteiger partial charge in [0.1, 0.15) is 0 Å². The minimum absolute atomic E-state index is 0.0349. The number of carbonyl (C=O) groups excluding carboxylic acids is 2. The van der Waals surface area contributed by atoms with Crippen LogP contribution in [0.3, 0.4) is 0 Å². The van der Waals surface area contributed by atoms with Crippen molar-refractivity contribution in [3.8, 4) is 0 Å². The summed E-state index contributed by atoms with van der Waals surface area (Å²) in [5, 5.41) is 12.0. The van der Waals surface area contributed by atoms with Gasteiger partial charge in [0.2, 0.25) is 0 Å². The fraction of sp³-hybridized carbons (Fsp3) is 0.818. The summed E-state index contributed by atoms with van der Waals surface area (Å²) in [6.07, 6.45) is 13.5. The number of piperazine rings is 1. The van der Waals surface area contributed by atoms with Gasteiger partial charge in [-0.25, -0.2) is 0 Å². The van der Waals surface area contributed by atoms with E-state index in [0.29, 0.717) is 18.9 Å². The summed E-state index contributed by atoms with van der Waals surface area (Å²) in [5.41, 5.74) is -0.659. The highest BCUT2D eigenvalue weighted by Crippen LogP contribution is 2.70. The number of hydrogen-bond donors (Lipinski definition) is 1. The standard InChI is InChI=1S/C33H48N2O5/c1-31-12-11-23(36)17-22(31)9-10-24-25-18-28-33(32(25,2)19-26(37)29(24)31,27(38)20-35-15-13-34(3)14-16-35)40-30(39-28)21-7-5-4-6-8-21/h11-12,17,21,24-26,28-30,37H,4-10,13-16,18-20H2,1-3H3/t24-,25-,26-,28+,29+,30+,31-,32-,33+/m0/s1. The van der Waals surface area contributed by atoms with Crippen LogP contribution in [-0.2, 0) is 19.1 Å². The molecular weight excluding hydrogens is 504 g/mol. The Kier molecular flexibility index (Phi) is 6.75. The number of fused-ring (bicyclic) bond motifs is 7. The number of ether oxygens (including phenoxy) is 2. The number of ketones is 2. The number of nitrogens with zero attached hydrogens (tertiary/aromatic N) is 2. The minimum atomic E-state index is -1.01. The Bertz CT molecular complexity index is 1110. The fourth-order valence-corrected chi connectivity index (χ4v) is 10.5. The summed E-state index contributed by atoms with van der Waals surface area (Å²) in [7, 11) is 2.14. The third-order valence-electron chi connectivity index (χ3n) is 12.7. The molecule has 7 rings (SSSR count). The van der Waals surface area contributed by atoms with Gasteiger partial charge < -0.3 is 19.5 Å². The van der Waals surface area contributed by atoms with Crippen molar-refractivity contribution in [3.05, 3.63) is 23.8 Å². The van der Waals surface area contributed by atoms with Crippen molar-refractivity contribution < 1.29 is 24.2 Å². The van der Waals surface area contributed by atoms with E-state index >= 15 is 0 Å². The fourth-order valence-electron chi connectivity index (χ4n) is 10.5. The first kappa shape index (κ1) is 27.5. The second kappa shape index (κ2) is 9.84. The number of hydrogen-bond acceptors (Lipinski definition) is 7. The number of likely N-dealkylation sites (N-methyl/N-ethyl adjacent to an activating group) is 1. The minimum Gasteiger partial charge on any atom is -0.393 e. The average molecular weight is 553 g/mol. The maximum atomic E-state index is 14.7. The molecule has 0 aromatic rings. The number of allylic oxidation sites excluding steroid dienone is 4. The number of rotatable bonds is 4. The lowest BCUT2D eigenvalue weighted by Gasteiger charge is -2.60. The summed E-state index contributed by atoms with van der Waals surface area (Å²) in [6, 6.07) is 0.